The van der Waals surface area contributed by atoms with Gasteiger partial charge in [-0.3, -0.25) is 0 Å². The van der Waals surface area contributed by atoms with Gasteiger partial charge in [0.15, 0.2) is 0 Å². The van der Waals surface area contributed by atoms with Crippen molar-refractivity contribution in [1.82, 2.24) is 4.98 Å². The maximum absolute atomic E-state index is 12.4. The van der Waals surface area contributed by atoms with Crippen LogP contribution in [0.5, 0.6) is 0 Å². The van der Waals surface area contributed by atoms with Gasteiger partial charge in [-0.05, 0) is 25.5 Å². The third-order valence-corrected chi connectivity index (χ3v) is 3.94. The molecule has 3 nitrogen and oxygen atoms in total. The molecule has 0 N–H and O–H groups in total. The van der Waals surface area contributed by atoms with Crippen molar-refractivity contribution in [2.75, 3.05) is 6.61 Å². The summed E-state index contributed by atoms with van der Waals surface area (Å²) >= 11 is 6.31. The minimum Gasteiger partial charge on any atom is -0.462 e. The summed E-state index contributed by atoms with van der Waals surface area (Å²) in [5, 5.41) is 1.04. The normalized spacial score (nSPS) is 10.7. The Morgan fingerprint density at radius 3 is 2.52 bits per heavy atom. The topological polar surface area (TPSA) is 39.2 Å². The Morgan fingerprint density at radius 2 is 1.83 bits per heavy atom. The third-order valence-electron chi connectivity index (χ3n) is 3.67. The number of para-hydroxylation sites is 1. The molecular formula is C19H16ClNO2. The van der Waals surface area contributed by atoms with Crippen LogP contribution in [0.15, 0.2) is 48.5 Å². The molecule has 3 rings (SSSR count). The summed E-state index contributed by atoms with van der Waals surface area (Å²) in [6.45, 7) is 4.08. The minimum absolute atomic E-state index is 0.165. The first kappa shape index (κ1) is 15.5. The lowest BCUT2D eigenvalue weighted by Gasteiger charge is -2.14. The smallest absolute Gasteiger partial charge is 0.341 e. The highest BCUT2D eigenvalue weighted by Gasteiger charge is 2.22. The van der Waals surface area contributed by atoms with Gasteiger partial charge in [0.1, 0.15) is 10.7 Å². The average molecular weight is 326 g/mol. The Labute approximate surface area is 139 Å². The number of fused-ring (bicyclic) bond motifs is 1. The molecule has 0 radical (unpaired) electrons. The van der Waals surface area contributed by atoms with Crippen LogP contribution in [-0.2, 0) is 4.74 Å². The number of hydrogen-bond acceptors (Lipinski definition) is 3. The van der Waals surface area contributed by atoms with Gasteiger partial charge < -0.3 is 4.74 Å². The van der Waals surface area contributed by atoms with Gasteiger partial charge in [-0.15, -0.1) is 0 Å². The summed E-state index contributed by atoms with van der Waals surface area (Å²) in [6.07, 6.45) is 0. The van der Waals surface area contributed by atoms with Gasteiger partial charge in [0.25, 0.3) is 0 Å². The second-order valence-corrected chi connectivity index (χ2v) is 5.61. The molecule has 0 saturated heterocycles. The van der Waals surface area contributed by atoms with Crippen LogP contribution in [0, 0.1) is 6.92 Å². The first-order chi connectivity index (χ1) is 11.1. The van der Waals surface area contributed by atoms with Gasteiger partial charge in [-0.2, -0.15) is 0 Å². The van der Waals surface area contributed by atoms with Gasteiger partial charge >= 0.3 is 5.97 Å². The first-order valence-corrected chi connectivity index (χ1v) is 7.82. The third kappa shape index (κ3) is 2.92. The highest BCUT2D eigenvalue weighted by Crippen LogP contribution is 2.35. The Bertz CT molecular complexity index is 872. The van der Waals surface area contributed by atoms with E-state index >= 15 is 0 Å². The fourth-order valence-corrected chi connectivity index (χ4v) is 2.85. The standard InChI is InChI=1S/C19H16ClNO2/c1-3-23-19(22)17-16(13-10-8-12(2)9-11-13)14-6-4-5-7-15(14)21-18(17)20/h4-11H,3H2,1-2H3. The second-order valence-electron chi connectivity index (χ2n) is 5.26. The van der Waals surface area contributed by atoms with Crippen LogP contribution in [0.4, 0.5) is 0 Å². The Balaban J connectivity index is 2.36. The molecule has 3 aromatic rings. The van der Waals surface area contributed by atoms with Crippen LogP contribution in [0.2, 0.25) is 5.15 Å². The quantitative estimate of drug-likeness (QED) is 0.500. The van der Waals surface area contributed by atoms with E-state index < -0.39 is 5.97 Å². The summed E-state index contributed by atoms with van der Waals surface area (Å²) in [4.78, 5) is 16.8. The average Bonchev–Trinajstić information content (AvgIpc) is 2.54. The van der Waals surface area contributed by atoms with Crippen LogP contribution in [0.25, 0.3) is 22.0 Å². The number of benzene rings is 2. The van der Waals surface area contributed by atoms with Crippen LogP contribution >= 0.6 is 11.6 Å². The number of nitrogens with zero attached hydrogens (tertiary/aromatic N) is 1. The van der Waals surface area contributed by atoms with Crippen molar-refractivity contribution in [3.05, 3.63) is 64.8 Å². The number of aryl methyl sites for hydroxylation is 1. The van der Waals surface area contributed by atoms with Crippen molar-refractivity contribution in [3.63, 3.8) is 0 Å². The van der Waals surface area contributed by atoms with E-state index in [1.54, 1.807) is 6.92 Å². The molecule has 2 aromatic carbocycles. The number of ether oxygens (including phenoxy) is 1. The zero-order valence-electron chi connectivity index (χ0n) is 13.0. The number of carbonyl (C=O) groups excluding carboxylic acids is 1. The van der Waals surface area contributed by atoms with E-state index in [1.807, 2.05) is 55.5 Å². The molecule has 4 heteroatoms. The largest absolute Gasteiger partial charge is 0.462 e. The minimum atomic E-state index is -0.452. The summed E-state index contributed by atoms with van der Waals surface area (Å²) in [7, 11) is 0. The first-order valence-electron chi connectivity index (χ1n) is 7.44. The van der Waals surface area contributed by atoms with E-state index in [2.05, 4.69) is 4.98 Å². The number of esters is 1. The van der Waals surface area contributed by atoms with Crippen molar-refractivity contribution < 1.29 is 9.53 Å². The molecule has 0 bridgehead atoms. The number of carbonyl (C=O) groups is 1. The van der Waals surface area contributed by atoms with Crippen molar-refractivity contribution in [3.8, 4) is 11.1 Å². The van der Waals surface area contributed by atoms with E-state index in [9.17, 15) is 4.79 Å². The predicted molar refractivity (Wildman–Crippen MR) is 92.9 cm³/mol. The molecule has 0 aliphatic heterocycles. The second kappa shape index (κ2) is 6.39. The Kier molecular flexibility index (Phi) is 4.30. The Morgan fingerprint density at radius 1 is 1.13 bits per heavy atom. The fraction of sp³-hybridized carbons (Fsp3) is 0.158. The van der Waals surface area contributed by atoms with Gasteiger partial charge in [-0.1, -0.05) is 59.6 Å². The molecular weight excluding hydrogens is 310 g/mol. The molecule has 1 aromatic heterocycles. The number of aromatic nitrogens is 1. The maximum atomic E-state index is 12.4. The van der Waals surface area contributed by atoms with E-state index in [0.29, 0.717) is 5.56 Å². The van der Waals surface area contributed by atoms with Gasteiger partial charge in [-0.25, -0.2) is 9.78 Å². The van der Waals surface area contributed by atoms with E-state index in [1.165, 1.54) is 0 Å². The van der Waals surface area contributed by atoms with E-state index in [-0.39, 0.29) is 11.8 Å². The number of rotatable bonds is 3. The van der Waals surface area contributed by atoms with Crippen molar-refractivity contribution in [2.45, 2.75) is 13.8 Å². The van der Waals surface area contributed by atoms with E-state index in [0.717, 1.165) is 27.6 Å². The number of pyridine rings is 1. The summed E-state index contributed by atoms with van der Waals surface area (Å²) in [6, 6.07) is 15.6. The lowest BCUT2D eigenvalue weighted by Crippen LogP contribution is -2.09. The van der Waals surface area contributed by atoms with Gasteiger partial charge in [0.2, 0.25) is 0 Å². The zero-order chi connectivity index (χ0) is 16.4. The molecule has 0 aliphatic rings. The van der Waals surface area contributed by atoms with Crippen molar-refractivity contribution in [2.24, 2.45) is 0 Å². The number of hydrogen-bond donors (Lipinski definition) is 0. The molecule has 0 aliphatic carbocycles. The van der Waals surface area contributed by atoms with Gasteiger partial charge in [0, 0.05) is 10.9 Å². The predicted octanol–water partition coefficient (Wildman–Crippen LogP) is 5.04. The molecule has 0 atom stereocenters. The highest BCUT2D eigenvalue weighted by atomic mass is 35.5. The summed E-state index contributed by atoms with van der Waals surface area (Å²) < 4.78 is 5.18. The lowest BCUT2D eigenvalue weighted by molar-refractivity contribution is 0.0527. The lowest BCUT2D eigenvalue weighted by atomic mass is 9.95. The highest BCUT2D eigenvalue weighted by molar-refractivity contribution is 6.34. The van der Waals surface area contributed by atoms with Crippen molar-refractivity contribution >= 4 is 28.5 Å². The molecule has 0 amide bonds. The summed E-state index contributed by atoms with van der Waals surface area (Å²) in [5.74, 6) is -0.452. The molecule has 0 fully saturated rings. The van der Waals surface area contributed by atoms with Crippen LogP contribution in [-0.4, -0.2) is 17.6 Å². The molecule has 0 spiro atoms. The molecule has 23 heavy (non-hydrogen) atoms. The zero-order valence-corrected chi connectivity index (χ0v) is 13.7. The molecule has 116 valence electrons. The summed E-state index contributed by atoms with van der Waals surface area (Å²) in [5.41, 5.74) is 3.89. The Hall–Kier alpha value is -2.39. The maximum Gasteiger partial charge on any atom is 0.341 e. The molecule has 0 unspecified atom stereocenters. The number of halogens is 1. The van der Waals surface area contributed by atoms with Crippen LogP contribution < -0.4 is 0 Å². The fourth-order valence-electron chi connectivity index (χ4n) is 2.59. The van der Waals surface area contributed by atoms with E-state index in [4.69, 9.17) is 16.3 Å². The van der Waals surface area contributed by atoms with Crippen LogP contribution in [0.3, 0.4) is 0 Å². The van der Waals surface area contributed by atoms with Gasteiger partial charge in [0.05, 0.1) is 12.1 Å². The van der Waals surface area contributed by atoms with Crippen molar-refractivity contribution in [1.29, 1.82) is 0 Å². The molecule has 0 saturated carbocycles. The monoisotopic (exact) mass is 325 g/mol. The van der Waals surface area contributed by atoms with Crippen LogP contribution in [0.1, 0.15) is 22.8 Å². The molecule has 1 heterocycles. The SMILES string of the molecule is CCOC(=O)c1c(Cl)nc2ccccc2c1-c1ccc(C)cc1.